The number of halogens is 1. The number of thiophene rings is 1. The molecule has 0 saturated heterocycles. The van der Waals surface area contributed by atoms with Gasteiger partial charge in [0.2, 0.25) is 5.28 Å². The van der Waals surface area contributed by atoms with Crippen molar-refractivity contribution in [1.82, 2.24) is 9.97 Å². The highest BCUT2D eigenvalue weighted by atomic mass is 35.5. The summed E-state index contributed by atoms with van der Waals surface area (Å²) in [6.07, 6.45) is 0. The standard InChI is InChI=1S/C12H16ClN3OS/c1-8(2)16(5-6-17-3)10-9-4-7-18-11(9)15-12(13)14-10/h4,7-8H,5-6H2,1-3H3. The number of methoxy groups -OCH3 is 1. The smallest absolute Gasteiger partial charge is 0.225 e. The zero-order valence-corrected chi connectivity index (χ0v) is 12.3. The van der Waals surface area contributed by atoms with Crippen molar-refractivity contribution in [2.45, 2.75) is 19.9 Å². The van der Waals surface area contributed by atoms with Crippen LogP contribution in [0.15, 0.2) is 11.4 Å². The molecule has 0 atom stereocenters. The van der Waals surface area contributed by atoms with Crippen LogP contribution in [0.5, 0.6) is 0 Å². The molecule has 2 rings (SSSR count). The van der Waals surface area contributed by atoms with Gasteiger partial charge in [-0.05, 0) is 36.9 Å². The number of hydrogen-bond donors (Lipinski definition) is 0. The molecule has 18 heavy (non-hydrogen) atoms. The van der Waals surface area contributed by atoms with Gasteiger partial charge in [-0.3, -0.25) is 0 Å². The van der Waals surface area contributed by atoms with Crippen LogP contribution in [-0.4, -0.2) is 36.3 Å². The summed E-state index contributed by atoms with van der Waals surface area (Å²) in [4.78, 5) is 11.7. The Bertz CT molecular complexity index is 529. The van der Waals surface area contributed by atoms with E-state index in [1.165, 1.54) is 0 Å². The van der Waals surface area contributed by atoms with Crippen molar-refractivity contribution < 1.29 is 4.74 Å². The molecule has 0 unspecified atom stereocenters. The second-order valence-corrected chi connectivity index (χ2v) is 5.47. The van der Waals surface area contributed by atoms with Gasteiger partial charge in [-0.1, -0.05) is 0 Å². The van der Waals surface area contributed by atoms with Gasteiger partial charge < -0.3 is 9.64 Å². The van der Waals surface area contributed by atoms with Crippen LogP contribution in [0.4, 0.5) is 5.82 Å². The molecule has 2 heterocycles. The minimum absolute atomic E-state index is 0.294. The normalized spacial score (nSPS) is 11.4. The maximum absolute atomic E-state index is 5.99. The fraction of sp³-hybridized carbons (Fsp3) is 0.500. The average molecular weight is 286 g/mol. The summed E-state index contributed by atoms with van der Waals surface area (Å²) in [7, 11) is 1.70. The predicted octanol–water partition coefficient (Wildman–Crippen LogP) is 3.21. The third-order valence-electron chi connectivity index (χ3n) is 2.71. The van der Waals surface area contributed by atoms with Gasteiger partial charge in [0.1, 0.15) is 10.6 Å². The van der Waals surface area contributed by atoms with Crippen LogP contribution in [0.3, 0.4) is 0 Å². The number of hydrogen-bond acceptors (Lipinski definition) is 5. The van der Waals surface area contributed by atoms with Crippen LogP contribution >= 0.6 is 22.9 Å². The first kappa shape index (κ1) is 13.5. The molecule has 0 aliphatic rings. The first-order chi connectivity index (χ1) is 8.63. The van der Waals surface area contributed by atoms with Crippen LogP contribution in [-0.2, 0) is 4.74 Å². The van der Waals surface area contributed by atoms with Crippen molar-refractivity contribution in [1.29, 1.82) is 0 Å². The summed E-state index contributed by atoms with van der Waals surface area (Å²) in [5.41, 5.74) is 0. The van der Waals surface area contributed by atoms with Crippen molar-refractivity contribution >= 4 is 39.0 Å². The van der Waals surface area contributed by atoms with Gasteiger partial charge in [-0.25, -0.2) is 4.98 Å². The Labute approximate surface area is 116 Å². The zero-order chi connectivity index (χ0) is 13.1. The Morgan fingerprint density at radius 3 is 2.89 bits per heavy atom. The quantitative estimate of drug-likeness (QED) is 0.791. The molecule has 4 nitrogen and oxygen atoms in total. The van der Waals surface area contributed by atoms with Gasteiger partial charge in [0.05, 0.1) is 12.0 Å². The van der Waals surface area contributed by atoms with Crippen LogP contribution in [0.25, 0.3) is 10.2 Å². The number of nitrogens with zero attached hydrogens (tertiary/aromatic N) is 3. The van der Waals surface area contributed by atoms with Crippen LogP contribution in [0, 0.1) is 0 Å². The average Bonchev–Trinajstić information content (AvgIpc) is 2.76. The van der Waals surface area contributed by atoms with Crippen LogP contribution in [0.2, 0.25) is 5.28 Å². The molecule has 0 spiro atoms. The molecule has 0 saturated carbocycles. The van der Waals surface area contributed by atoms with Gasteiger partial charge in [0, 0.05) is 19.7 Å². The summed E-state index contributed by atoms with van der Waals surface area (Å²) in [6.45, 7) is 5.70. The van der Waals surface area contributed by atoms with Crippen molar-refractivity contribution in [2.75, 3.05) is 25.2 Å². The van der Waals surface area contributed by atoms with Gasteiger partial charge >= 0.3 is 0 Å². The lowest BCUT2D eigenvalue weighted by atomic mass is 10.2. The monoisotopic (exact) mass is 285 g/mol. The van der Waals surface area contributed by atoms with E-state index in [0.717, 1.165) is 22.6 Å². The molecule has 0 amide bonds. The number of aromatic nitrogens is 2. The summed E-state index contributed by atoms with van der Waals surface area (Å²) in [5.74, 6) is 0.887. The fourth-order valence-corrected chi connectivity index (χ4v) is 2.80. The SMILES string of the molecule is COCCN(c1nc(Cl)nc2sccc12)C(C)C. The van der Waals surface area contributed by atoms with Gasteiger partial charge in [0.25, 0.3) is 0 Å². The summed E-state index contributed by atoms with van der Waals surface area (Å²) < 4.78 is 5.15. The maximum atomic E-state index is 5.99. The van der Waals surface area contributed by atoms with E-state index in [0.29, 0.717) is 17.9 Å². The lowest BCUT2D eigenvalue weighted by molar-refractivity contribution is 0.203. The van der Waals surface area contributed by atoms with E-state index in [9.17, 15) is 0 Å². The minimum atomic E-state index is 0.294. The largest absolute Gasteiger partial charge is 0.383 e. The molecule has 0 aliphatic heterocycles. The molecular weight excluding hydrogens is 270 g/mol. The van der Waals surface area contributed by atoms with Gasteiger partial charge in [-0.2, -0.15) is 4.98 Å². The van der Waals surface area contributed by atoms with Crippen LogP contribution in [0.1, 0.15) is 13.8 Å². The first-order valence-electron chi connectivity index (χ1n) is 5.79. The van der Waals surface area contributed by atoms with E-state index in [4.69, 9.17) is 16.3 Å². The lowest BCUT2D eigenvalue weighted by Crippen LogP contribution is -2.34. The maximum Gasteiger partial charge on any atom is 0.225 e. The van der Waals surface area contributed by atoms with E-state index >= 15 is 0 Å². The fourth-order valence-electron chi connectivity index (χ4n) is 1.83. The van der Waals surface area contributed by atoms with E-state index in [1.807, 2.05) is 11.4 Å². The Morgan fingerprint density at radius 2 is 2.22 bits per heavy atom. The van der Waals surface area contributed by atoms with E-state index in [2.05, 4.69) is 28.7 Å². The molecule has 0 fully saturated rings. The Balaban J connectivity index is 2.45. The summed E-state index contributed by atoms with van der Waals surface area (Å²) >= 11 is 7.57. The highest BCUT2D eigenvalue weighted by Gasteiger charge is 2.17. The molecule has 0 bridgehead atoms. The van der Waals surface area contributed by atoms with Crippen LogP contribution < -0.4 is 4.90 Å². The van der Waals surface area contributed by atoms with Crippen molar-refractivity contribution in [2.24, 2.45) is 0 Å². The molecule has 0 radical (unpaired) electrons. The van der Waals surface area contributed by atoms with Crippen molar-refractivity contribution in [3.8, 4) is 0 Å². The highest BCUT2D eigenvalue weighted by molar-refractivity contribution is 7.16. The minimum Gasteiger partial charge on any atom is -0.383 e. The van der Waals surface area contributed by atoms with Crippen molar-refractivity contribution in [3.63, 3.8) is 0 Å². The van der Waals surface area contributed by atoms with Crippen molar-refractivity contribution in [3.05, 3.63) is 16.7 Å². The molecule has 2 aromatic rings. The van der Waals surface area contributed by atoms with Gasteiger partial charge in [-0.15, -0.1) is 11.3 Å². The Kier molecular flexibility index (Phi) is 4.37. The molecule has 98 valence electrons. The number of fused-ring (bicyclic) bond motifs is 1. The number of anilines is 1. The topological polar surface area (TPSA) is 38.2 Å². The molecular formula is C12H16ClN3OS. The first-order valence-corrected chi connectivity index (χ1v) is 7.05. The van der Waals surface area contributed by atoms with E-state index in [1.54, 1.807) is 18.4 Å². The molecule has 0 N–H and O–H groups in total. The van der Waals surface area contributed by atoms with E-state index in [-0.39, 0.29) is 0 Å². The molecule has 6 heteroatoms. The third kappa shape index (κ3) is 2.74. The second-order valence-electron chi connectivity index (χ2n) is 4.24. The summed E-state index contributed by atoms with van der Waals surface area (Å²) in [5, 5.41) is 3.35. The second kappa shape index (κ2) is 5.82. The summed E-state index contributed by atoms with van der Waals surface area (Å²) in [6, 6.07) is 2.36. The Morgan fingerprint density at radius 1 is 1.44 bits per heavy atom. The molecule has 2 aromatic heterocycles. The molecule has 0 aromatic carbocycles. The third-order valence-corrected chi connectivity index (χ3v) is 3.69. The number of ether oxygens (including phenoxy) is 1. The Hall–Kier alpha value is -0.910. The number of rotatable bonds is 5. The highest BCUT2D eigenvalue weighted by Crippen LogP contribution is 2.29. The molecule has 0 aliphatic carbocycles. The van der Waals surface area contributed by atoms with E-state index < -0.39 is 0 Å². The lowest BCUT2D eigenvalue weighted by Gasteiger charge is -2.28. The predicted molar refractivity (Wildman–Crippen MR) is 76.8 cm³/mol. The zero-order valence-electron chi connectivity index (χ0n) is 10.7. The van der Waals surface area contributed by atoms with Gasteiger partial charge in [0.15, 0.2) is 0 Å².